The summed E-state index contributed by atoms with van der Waals surface area (Å²) in [5.41, 5.74) is 0. The fourth-order valence-electron chi connectivity index (χ4n) is 0.988. The second-order valence-electron chi connectivity index (χ2n) is 2.53. The molecule has 1 rings (SSSR count). The summed E-state index contributed by atoms with van der Waals surface area (Å²) in [6.45, 7) is 1.73. The van der Waals surface area contributed by atoms with E-state index in [1.807, 2.05) is 0 Å². The number of hydrogen-bond donors (Lipinski definition) is 1. The SMILES string of the molecule is CC1CN([N+](=O)[O-])/C(=N/[N+](=O)[O-])N1. The predicted octanol–water partition coefficient (Wildman–Crippen LogP) is -0.981. The summed E-state index contributed by atoms with van der Waals surface area (Å²) >= 11 is 0. The van der Waals surface area contributed by atoms with E-state index in [0.29, 0.717) is 5.01 Å². The van der Waals surface area contributed by atoms with Crippen molar-refractivity contribution in [3.05, 3.63) is 20.2 Å². The van der Waals surface area contributed by atoms with E-state index in [0.717, 1.165) is 0 Å². The molecule has 0 amide bonds. The lowest BCUT2D eigenvalue weighted by Gasteiger charge is -2.01. The largest absolute Gasteiger partial charge is 0.342 e. The molecule has 0 aromatic carbocycles. The van der Waals surface area contributed by atoms with E-state index >= 15 is 0 Å². The summed E-state index contributed by atoms with van der Waals surface area (Å²) in [6.07, 6.45) is 0. The average Bonchev–Trinajstić information content (AvgIpc) is 2.29. The fraction of sp³-hybridized carbons (Fsp3) is 0.750. The summed E-state index contributed by atoms with van der Waals surface area (Å²) in [7, 11) is 0. The van der Waals surface area contributed by atoms with E-state index in [9.17, 15) is 20.2 Å². The lowest BCUT2D eigenvalue weighted by Crippen LogP contribution is -2.35. The topological polar surface area (TPSA) is 114 Å². The van der Waals surface area contributed by atoms with Gasteiger partial charge in [0.25, 0.3) is 0 Å². The quantitative estimate of drug-likeness (QED) is 0.441. The minimum Gasteiger partial charge on any atom is -0.342 e. The van der Waals surface area contributed by atoms with Crippen LogP contribution in [0.3, 0.4) is 0 Å². The number of hydrazine groups is 1. The van der Waals surface area contributed by atoms with Gasteiger partial charge in [0.1, 0.15) is 11.6 Å². The molecule has 1 N–H and O–H groups in total. The van der Waals surface area contributed by atoms with Crippen molar-refractivity contribution in [2.45, 2.75) is 13.0 Å². The minimum absolute atomic E-state index is 0.0691. The van der Waals surface area contributed by atoms with E-state index in [4.69, 9.17) is 0 Å². The molecule has 9 heteroatoms. The van der Waals surface area contributed by atoms with Gasteiger partial charge in [-0.25, -0.2) is 20.2 Å². The molecule has 1 fully saturated rings. The molecular weight excluding hydrogens is 182 g/mol. The van der Waals surface area contributed by atoms with Crippen LogP contribution in [0.5, 0.6) is 0 Å². The van der Waals surface area contributed by atoms with Crippen molar-refractivity contribution in [3.63, 3.8) is 0 Å². The van der Waals surface area contributed by atoms with Crippen LogP contribution >= 0.6 is 0 Å². The van der Waals surface area contributed by atoms with Gasteiger partial charge in [0, 0.05) is 0 Å². The van der Waals surface area contributed by atoms with Crippen molar-refractivity contribution in [1.82, 2.24) is 10.3 Å². The maximum Gasteiger partial charge on any atom is 0.332 e. The molecule has 1 unspecified atom stereocenters. The Morgan fingerprint density at radius 3 is 2.69 bits per heavy atom. The van der Waals surface area contributed by atoms with Crippen LogP contribution < -0.4 is 5.32 Å². The average molecular weight is 189 g/mol. The Bertz CT molecular complexity index is 276. The third-order valence-electron chi connectivity index (χ3n) is 1.44. The number of nitrogens with one attached hydrogen (secondary N) is 1. The zero-order valence-corrected chi connectivity index (χ0v) is 6.71. The Hall–Kier alpha value is -1.93. The number of nitrogens with zero attached hydrogens (tertiary/aromatic N) is 4. The molecule has 1 aliphatic heterocycles. The molecule has 0 saturated carbocycles. The zero-order valence-electron chi connectivity index (χ0n) is 6.71. The number of hydrazone groups is 1. The zero-order chi connectivity index (χ0) is 10.0. The van der Waals surface area contributed by atoms with Crippen LogP contribution in [0.4, 0.5) is 0 Å². The van der Waals surface area contributed by atoms with Gasteiger partial charge in [0.05, 0.1) is 6.04 Å². The molecule has 72 valence electrons. The van der Waals surface area contributed by atoms with E-state index in [-0.39, 0.29) is 18.5 Å². The molecule has 0 radical (unpaired) electrons. The molecule has 0 bridgehead atoms. The second-order valence-corrected chi connectivity index (χ2v) is 2.53. The lowest BCUT2D eigenvalue weighted by molar-refractivity contribution is -0.629. The van der Waals surface area contributed by atoms with Gasteiger partial charge in [-0.3, -0.25) is 0 Å². The first-order valence-electron chi connectivity index (χ1n) is 3.42. The van der Waals surface area contributed by atoms with Crippen molar-refractivity contribution >= 4 is 5.96 Å². The van der Waals surface area contributed by atoms with E-state index in [1.165, 1.54) is 0 Å². The van der Waals surface area contributed by atoms with E-state index in [2.05, 4.69) is 10.4 Å². The van der Waals surface area contributed by atoms with Crippen molar-refractivity contribution in [1.29, 1.82) is 0 Å². The highest BCUT2D eigenvalue weighted by atomic mass is 16.7. The Labute approximate surface area is 72.3 Å². The summed E-state index contributed by atoms with van der Waals surface area (Å²) in [4.78, 5) is 20.3. The molecule has 0 aromatic heterocycles. The maximum absolute atomic E-state index is 10.3. The van der Waals surface area contributed by atoms with Crippen LogP contribution in [0.1, 0.15) is 6.92 Å². The second kappa shape index (κ2) is 3.21. The molecule has 1 heterocycles. The summed E-state index contributed by atoms with van der Waals surface area (Å²) < 4.78 is 0. The van der Waals surface area contributed by atoms with Gasteiger partial charge >= 0.3 is 5.96 Å². The van der Waals surface area contributed by atoms with Crippen molar-refractivity contribution in [3.8, 4) is 0 Å². The first-order valence-corrected chi connectivity index (χ1v) is 3.42. The molecule has 9 nitrogen and oxygen atoms in total. The van der Waals surface area contributed by atoms with Gasteiger partial charge in [-0.15, -0.1) is 0 Å². The third-order valence-corrected chi connectivity index (χ3v) is 1.44. The monoisotopic (exact) mass is 189 g/mol. The van der Waals surface area contributed by atoms with Crippen LogP contribution in [0.2, 0.25) is 0 Å². The van der Waals surface area contributed by atoms with Gasteiger partial charge in [-0.2, -0.15) is 0 Å². The summed E-state index contributed by atoms with van der Waals surface area (Å²) in [5, 5.41) is 24.5. The Morgan fingerprint density at radius 2 is 2.23 bits per heavy atom. The number of rotatable bonds is 2. The summed E-state index contributed by atoms with van der Waals surface area (Å²) in [5.74, 6) is -0.331. The van der Waals surface area contributed by atoms with Crippen molar-refractivity contribution < 1.29 is 10.1 Å². The molecule has 1 saturated heterocycles. The van der Waals surface area contributed by atoms with Crippen LogP contribution in [0, 0.1) is 20.2 Å². The number of hydrogen-bond acceptors (Lipinski definition) is 4. The van der Waals surface area contributed by atoms with Gasteiger partial charge in [-0.05, 0) is 6.92 Å². The standard InChI is InChI=1S/C4H7N5O4/c1-3-2-7(9(12)13)4(5-3)6-8(10)11/h3H,2H2,1H3,(H,5,6). The minimum atomic E-state index is -0.975. The Morgan fingerprint density at radius 1 is 1.62 bits per heavy atom. The van der Waals surface area contributed by atoms with Crippen LogP contribution in [0.25, 0.3) is 0 Å². The Kier molecular flexibility index (Phi) is 2.26. The van der Waals surface area contributed by atoms with Crippen molar-refractivity contribution in [2.75, 3.05) is 6.54 Å². The third kappa shape index (κ3) is 2.01. The first kappa shape index (κ1) is 9.16. The summed E-state index contributed by atoms with van der Waals surface area (Å²) in [6, 6.07) is -0.218. The van der Waals surface area contributed by atoms with E-state index in [1.54, 1.807) is 6.92 Å². The van der Waals surface area contributed by atoms with Gasteiger partial charge in [0.15, 0.2) is 10.1 Å². The molecule has 1 atom stereocenters. The smallest absolute Gasteiger partial charge is 0.332 e. The van der Waals surface area contributed by atoms with E-state index < -0.39 is 10.1 Å². The molecule has 1 aliphatic rings. The van der Waals surface area contributed by atoms with Crippen molar-refractivity contribution in [2.24, 2.45) is 5.10 Å². The lowest BCUT2D eigenvalue weighted by atomic mass is 10.4. The van der Waals surface area contributed by atoms with Crippen LogP contribution in [-0.4, -0.2) is 33.6 Å². The number of nitro groups is 2. The van der Waals surface area contributed by atoms with Gasteiger partial charge in [-0.1, -0.05) is 5.01 Å². The van der Waals surface area contributed by atoms with Crippen LogP contribution in [0.15, 0.2) is 5.10 Å². The van der Waals surface area contributed by atoms with Crippen LogP contribution in [-0.2, 0) is 0 Å². The highest BCUT2D eigenvalue weighted by Gasteiger charge is 2.35. The highest BCUT2D eigenvalue weighted by molar-refractivity contribution is 5.80. The van der Waals surface area contributed by atoms with Gasteiger partial charge in [0.2, 0.25) is 0 Å². The predicted molar refractivity (Wildman–Crippen MR) is 40.7 cm³/mol. The fourth-order valence-corrected chi connectivity index (χ4v) is 0.988. The normalized spacial score (nSPS) is 24.5. The molecule has 13 heavy (non-hydrogen) atoms. The number of guanidine groups is 1. The molecule has 0 aromatic rings. The maximum atomic E-state index is 10.3. The highest BCUT2D eigenvalue weighted by Crippen LogP contribution is 2.03. The first-order chi connectivity index (χ1) is 6.00. The molecule has 0 spiro atoms. The molecular formula is C4H7N5O4. The Balaban J connectivity index is 2.83. The van der Waals surface area contributed by atoms with Gasteiger partial charge < -0.3 is 5.32 Å². The molecule has 0 aliphatic carbocycles.